The molecule has 5 rings (SSSR count). The summed E-state index contributed by atoms with van der Waals surface area (Å²) in [5, 5.41) is 23.4. The second-order valence-corrected chi connectivity index (χ2v) is 10.8. The van der Waals surface area contributed by atoms with Crippen molar-refractivity contribution < 1.29 is 13.2 Å². The van der Waals surface area contributed by atoms with Gasteiger partial charge in [0.15, 0.2) is 0 Å². The minimum atomic E-state index is -4.46. The maximum atomic E-state index is 13.5. The van der Waals surface area contributed by atoms with E-state index in [-0.39, 0.29) is 12.5 Å². The largest absolute Gasteiger partial charge is 0.416 e. The van der Waals surface area contributed by atoms with E-state index in [2.05, 4.69) is 31.0 Å². The van der Waals surface area contributed by atoms with Gasteiger partial charge in [0.1, 0.15) is 0 Å². The lowest BCUT2D eigenvalue weighted by molar-refractivity contribution is -0.137. The van der Waals surface area contributed by atoms with Crippen molar-refractivity contribution in [1.82, 2.24) is 5.32 Å². The number of hydrogen-bond donors (Lipinski definition) is 1. The number of hydrogen-bond acceptors (Lipinski definition) is 4. The summed E-state index contributed by atoms with van der Waals surface area (Å²) >= 11 is 0. The van der Waals surface area contributed by atoms with Gasteiger partial charge in [0, 0.05) is 24.1 Å². The third kappa shape index (κ3) is 6.69. The summed E-state index contributed by atoms with van der Waals surface area (Å²) in [6.45, 7) is 6.93. The molecule has 1 aliphatic heterocycles. The zero-order chi connectivity index (χ0) is 30.6. The lowest BCUT2D eigenvalue weighted by Crippen LogP contribution is -2.05. The number of unbranched alkanes of at least 4 members (excludes halogenated alkanes) is 1. The van der Waals surface area contributed by atoms with E-state index in [0.29, 0.717) is 52.9 Å². The Bertz CT molecular complexity index is 1730. The minimum absolute atomic E-state index is 0.110. The van der Waals surface area contributed by atoms with Crippen LogP contribution in [0.15, 0.2) is 112 Å². The van der Waals surface area contributed by atoms with Crippen molar-refractivity contribution in [3.05, 3.63) is 130 Å². The van der Waals surface area contributed by atoms with Crippen LogP contribution in [0, 0.1) is 22.7 Å². The molecule has 0 radical (unpaired) electrons. The lowest BCUT2D eigenvalue weighted by Gasteiger charge is -2.12. The Morgan fingerprint density at radius 3 is 2.49 bits per heavy atom. The van der Waals surface area contributed by atoms with Gasteiger partial charge in [0.05, 0.1) is 40.7 Å². The molecule has 0 bridgehead atoms. The topological polar surface area (TPSA) is 81.9 Å². The maximum absolute atomic E-state index is 13.5. The van der Waals surface area contributed by atoms with Crippen molar-refractivity contribution in [3.63, 3.8) is 0 Å². The van der Waals surface area contributed by atoms with Crippen LogP contribution in [0.5, 0.6) is 0 Å². The fraction of sp³-hybridized carbons (Fsp3) is 0.250. The predicted molar refractivity (Wildman–Crippen MR) is 164 cm³/mol. The van der Waals surface area contributed by atoms with Crippen LogP contribution in [-0.4, -0.2) is 18.3 Å². The van der Waals surface area contributed by atoms with Crippen molar-refractivity contribution in [2.45, 2.75) is 51.2 Å². The molecule has 2 aromatic carbocycles. The van der Waals surface area contributed by atoms with Gasteiger partial charge in [-0.25, -0.2) is 0 Å². The van der Waals surface area contributed by atoms with Crippen LogP contribution in [0.25, 0.3) is 11.1 Å². The SMILES string of the molecule is C=C1/C=C\C(c2cccc(C(F)(F)F)c2)=C/CC(=C(\C#N)C2CN2)/C(/N=C2\C/C(=C(/C#N)CCCC)c3ccccc32)=C\1. The van der Waals surface area contributed by atoms with E-state index in [9.17, 15) is 23.7 Å². The molecule has 4 nitrogen and oxygen atoms in total. The van der Waals surface area contributed by atoms with E-state index in [1.807, 2.05) is 36.4 Å². The number of benzene rings is 2. The van der Waals surface area contributed by atoms with E-state index in [1.54, 1.807) is 18.2 Å². The van der Waals surface area contributed by atoms with Gasteiger partial charge < -0.3 is 5.32 Å². The second-order valence-electron chi connectivity index (χ2n) is 10.8. The number of alkyl halides is 3. The molecular formula is C36H31F3N4. The highest BCUT2D eigenvalue weighted by molar-refractivity contribution is 6.16. The zero-order valence-electron chi connectivity index (χ0n) is 23.9. The van der Waals surface area contributed by atoms with E-state index < -0.39 is 11.7 Å². The summed E-state index contributed by atoms with van der Waals surface area (Å²) in [5.41, 5.74) is 7.22. The molecule has 3 aliphatic rings. The maximum Gasteiger partial charge on any atom is 0.416 e. The molecule has 1 atom stereocenters. The monoisotopic (exact) mass is 576 g/mol. The fourth-order valence-corrected chi connectivity index (χ4v) is 5.45. The highest BCUT2D eigenvalue weighted by Gasteiger charge is 2.32. The molecule has 2 aromatic rings. The first kappa shape index (κ1) is 29.8. The molecule has 1 fully saturated rings. The van der Waals surface area contributed by atoms with Crippen molar-refractivity contribution in [2.24, 2.45) is 4.99 Å². The Morgan fingerprint density at radius 2 is 1.81 bits per heavy atom. The zero-order valence-corrected chi connectivity index (χ0v) is 23.9. The first-order valence-electron chi connectivity index (χ1n) is 14.4. The van der Waals surface area contributed by atoms with Crippen LogP contribution in [0.3, 0.4) is 0 Å². The van der Waals surface area contributed by atoms with Gasteiger partial charge in [-0.2, -0.15) is 23.7 Å². The second kappa shape index (κ2) is 12.7. The Labute approximate surface area is 250 Å². The van der Waals surface area contributed by atoms with Crippen LogP contribution in [0.4, 0.5) is 13.2 Å². The van der Waals surface area contributed by atoms with E-state index in [1.165, 1.54) is 6.07 Å². The number of aliphatic imine (C=N–C) groups is 1. The number of halogens is 3. The van der Waals surface area contributed by atoms with Crippen LogP contribution < -0.4 is 5.32 Å². The van der Waals surface area contributed by atoms with Gasteiger partial charge in [0.2, 0.25) is 0 Å². The Kier molecular flexibility index (Phi) is 8.76. The normalized spacial score (nSPS) is 24.7. The minimum Gasteiger partial charge on any atom is -0.306 e. The quantitative estimate of drug-likeness (QED) is 0.276. The molecule has 43 heavy (non-hydrogen) atoms. The van der Waals surface area contributed by atoms with Crippen molar-refractivity contribution in [2.75, 3.05) is 6.54 Å². The molecule has 7 heteroatoms. The van der Waals surface area contributed by atoms with Crippen LogP contribution in [-0.2, 0) is 6.18 Å². The highest BCUT2D eigenvalue weighted by Crippen LogP contribution is 2.39. The Balaban J connectivity index is 1.62. The first-order chi connectivity index (χ1) is 20.7. The molecule has 1 unspecified atom stereocenters. The summed E-state index contributed by atoms with van der Waals surface area (Å²) in [5.74, 6) is 0. The number of rotatable bonds is 6. The van der Waals surface area contributed by atoms with Gasteiger partial charge >= 0.3 is 6.18 Å². The van der Waals surface area contributed by atoms with E-state index in [0.717, 1.165) is 53.0 Å². The van der Waals surface area contributed by atoms with Crippen LogP contribution in [0.1, 0.15) is 61.3 Å². The molecule has 1 saturated heterocycles. The van der Waals surface area contributed by atoms with Crippen molar-refractivity contribution in [1.29, 1.82) is 10.5 Å². The number of nitrogens with one attached hydrogen (secondary N) is 1. The van der Waals surface area contributed by atoms with E-state index in [4.69, 9.17) is 4.99 Å². The van der Waals surface area contributed by atoms with Crippen molar-refractivity contribution >= 4 is 16.9 Å². The molecule has 1 heterocycles. The van der Waals surface area contributed by atoms with Crippen molar-refractivity contribution in [3.8, 4) is 12.1 Å². The summed E-state index contributed by atoms with van der Waals surface area (Å²) in [4.78, 5) is 5.15. The van der Waals surface area contributed by atoms with E-state index >= 15 is 0 Å². The molecule has 216 valence electrons. The standard InChI is InChI=1S/C36H31F3N4/c1-3-4-8-26(20-40)31-19-34(29-12-6-5-11-28(29)31)43-33-17-23(2)13-14-24(15-16-30(33)32(21-41)35-22-42-35)25-9-7-10-27(18-25)36(37,38)39/h5-7,9-15,17-18,35,42H,2-4,8,16,19,22H2,1H3/b14-13-,24-15+,31-26-,32-30-,33-17+,43-34+. The molecule has 2 aliphatic carbocycles. The summed E-state index contributed by atoms with van der Waals surface area (Å²) in [6, 6.07) is 17.8. The number of nitriles is 2. The summed E-state index contributed by atoms with van der Waals surface area (Å²) in [6.07, 6.45) is 6.11. The molecule has 0 amide bonds. The Morgan fingerprint density at radius 1 is 1.05 bits per heavy atom. The average Bonchev–Trinajstić information content (AvgIpc) is 3.76. The van der Waals surface area contributed by atoms with Gasteiger partial charge in [-0.3, -0.25) is 4.99 Å². The third-order valence-electron chi connectivity index (χ3n) is 7.80. The van der Waals surface area contributed by atoms with Gasteiger partial charge in [-0.05, 0) is 70.9 Å². The molecule has 1 N–H and O–H groups in total. The smallest absolute Gasteiger partial charge is 0.306 e. The number of fused-ring (bicyclic) bond motifs is 1. The predicted octanol–water partition coefficient (Wildman–Crippen LogP) is 8.64. The molecule has 0 saturated carbocycles. The molecule has 0 aromatic heterocycles. The summed E-state index contributed by atoms with van der Waals surface area (Å²) < 4.78 is 40.4. The third-order valence-corrected chi connectivity index (χ3v) is 7.80. The number of allylic oxidation sites excluding steroid dienone is 9. The van der Waals surface area contributed by atoms with Crippen LogP contribution in [0.2, 0.25) is 0 Å². The average molecular weight is 577 g/mol. The van der Waals surface area contributed by atoms with Gasteiger partial charge in [-0.15, -0.1) is 0 Å². The van der Waals surface area contributed by atoms with Gasteiger partial charge in [-0.1, -0.05) is 74.5 Å². The lowest BCUT2D eigenvalue weighted by atomic mass is 9.96. The number of nitrogens with zero attached hydrogens (tertiary/aromatic N) is 3. The highest BCUT2D eigenvalue weighted by atomic mass is 19.4. The molecular weight excluding hydrogens is 545 g/mol. The van der Waals surface area contributed by atoms with Gasteiger partial charge in [0.25, 0.3) is 0 Å². The van der Waals surface area contributed by atoms with Crippen LogP contribution >= 0.6 is 0 Å². The first-order valence-corrected chi connectivity index (χ1v) is 14.4. The fourth-order valence-electron chi connectivity index (χ4n) is 5.45. The molecule has 0 spiro atoms. The summed E-state index contributed by atoms with van der Waals surface area (Å²) in [7, 11) is 0. The Hall–Kier alpha value is -4.72.